The Morgan fingerprint density at radius 2 is 2.03 bits per heavy atom. The first-order chi connectivity index (χ1) is 15.0. The predicted octanol–water partition coefficient (Wildman–Crippen LogP) is 4.17. The summed E-state index contributed by atoms with van der Waals surface area (Å²) in [5, 5.41) is 7.64. The summed E-state index contributed by atoms with van der Waals surface area (Å²) in [5.41, 5.74) is 2.67. The highest BCUT2D eigenvalue weighted by Gasteiger charge is 2.15. The Morgan fingerprint density at radius 3 is 2.87 bits per heavy atom. The number of hydrogen-bond donors (Lipinski definition) is 2. The molecule has 3 aromatic rings. The van der Waals surface area contributed by atoms with Gasteiger partial charge in [-0.05, 0) is 42.3 Å². The average molecular weight is 443 g/mol. The van der Waals surface area contributed by atoms with Crippen LogP contribution < -0.4 is 15.4 Å². The first-order valence-electron chi connectivity index (χ1n) is 9.74. The molecule has 2 aromatic carbocycles. The van der Waals surface area contributed by atoms with Crippen LogP contribution >= 0.6 is 11.3 Å². The molecule has 9 heteroatoms. The number of ether oxygens (including phenoxy) is 1. The number of hydrogen-bond acceptors (Lipinski definition) is 5. The number of thiazole rings is 1. The van der Waals surface area contributed by atoms with Crippen LogP contribution in [0.3, 0.4) is 0 Å². The van der Waals surface area contributed by atoms with Crippen molar-refractivity contribution < 1.29 is 23.1 Å². The van der Waals surface area contributed by atoms with Gasteiger partial charge >= 0.3 is 0 Å². The van der Waals surface area contributed by atoms with Gasteiger partial charge in [-0.1, -0.05) is 0 Å². The SMILES string of the molecule is O=C(CCCNC(=O)c1ccc(F)cc1F)Nc1nc(-c2ccc3c(c2)CCO3)cs1. The van der Waals surface area contributed by atoms with Crippen LogP contribution in [0.15, 0.2) is 41.8 Å². The summed E-state index contributed by atoms with van der Waals surface area (Å²) in [6.07, 6.45) is 1.40. The van der Waals surface area contributed by atoms with Crippen LogP contribution in [0, 0.1) is 11.6 Å². The maximum Gasteiger partial charge on any atom is 0.254 e. The van der Waals surface area contributed by atoms with Crippen molar-refractivity contribution in [2.45, 2.75) is 19.3 Å². The van der Waals surface area contributed by atoms with Crippen molar-refractivity contribution in [1.29, 1.82) is 0 Å². The van der Waals surface area contributed by atoms with Crippen LogP contribution in [-0.2, 0) is 11.2 Å². The summed E-state index contributed by atoms with van der Waals surface area (Å²) < 4.78 is 32.0. The highest BCUT2D eigenvalue weighted by molar-refractivity contribution is 7.14. The van der Waals surface area contributed by atoms with E-state index in [0.29, 0.717) is 24.2 Å². The molecule has 1 aliphatic rings. The summed E-state index contributed by atoms with van der Waals surface area (Å²) in [7, 11) is 0. The minimum Gasteiger partial charge on any atom is -0.493 e. The molecular weight excluding hydrogens is 424 g/mol. The van der Waals surface area contributed by atoms with Gasteiger partial charge < -0.3 is 15.4 Å². The maximum absolute atomic E-state index is 13.6. The molecule has 1 aromatic heterocycles. The van der Waals surface area contributed by atoms with Gasteiger partial charge in [0.1, 0.15) is 17.4 Å². The molecule has 0 aliphatic carbocycles. The lowest BCUT2D eigenvalue weighted by Crippen LogP contribution is -2.26. The zero-order valence-electron chi connectivity index (χ0n) is 16.4. The van der Waals surface area contributed by atoms with E-state index in [9.17, 15) is 18.4 Å². The van der Waals surface area contributed by atoms with Gasteiger partial charge in [0.15, 0.2) is 5.13 Å². The van der Waals surface area contributed by atoms with E-state index >= 15 is 0 Å². The molecule has 0 radical (unpaired) electrons. The topological polar surface area (TPSA) is 80.3 Å². The number of fused-ring (bicyclic) bond motifs is 1. The van der Waals surface area contributed by atoms with Crippen LogP contribution in [0.4, 0.5) is 13.9 Å². The Bertz CT molecular complexity index is 1130. The number of carbonyl (C=O) groups is 2. The minimum atomic E-state index is -0.925. The van der Waals surface area contributed by atoms with E-state index in [1.54, 1.807) is 0 Å². The second-order valence-corrected chi connectivity index (χ2v) is 7.85. The zero-order chi connectivity index (χ0) is 21.8. The number of nitrogens with one attached hydrogen (secondary N) is 2. The van der Waals surface area contributed by atoms with Gasteiger partial charge in [0.2, 0.25) is 5.91 Å². The molecule has 2 amide bonds. The number of halogens is 2. The van der Waals surface area contributed by atoms with Crippen LogP contribution in [-0.4, -0.2) is 29.9 Å². The molecule has 2 N–H and O–H groups in total. The molecule has 31 heavy (non-hydrogen) atoms. The molecular formula is C22H19F2N3O3S. The number of anilines is 1. The third kappa shape index (κ3) is 5.05. The van der Waals surface area contributed by atoms with Crippen molar-refractivity contribution in [3.8, 4) is 17.0 Å². The number of amides is 2. The summed E-state index contributed by atoms with van der Waals surface area (Å²) >= 11 is 1.33. The first kappa shape index (κ1) is 20.9. The van der Waals surface area contributed by atoms with E-state index < -0.39 is 17.5 Å². The normalized spacial score (nSPS) is 12.2. The fraction of sp³-hybridized carbons (Fsp3) is 0.227. The number of aromatic nitrogens is 1. The van der Waals surface area contributed by atoms with Crippen LogP contribution in [0.25, 0.3) is 11.3 Å². The molecule has 0 unspecified atom stereocenters. The van der Waals surface area contributed by atoms with Crippen molar-refractivity contribution in [3.63, 3.8) is 0 Å². The van der Waals surface area contributed by atoms with Crippen molar-refractivity contribution in [2.24, 2.45) is 0 Å². The molecule has 160 valence electrons. The molecule has 2 heterocycles. The minimum absolute atomic E-state index is 0.164. The van der Waals surface area contributed by atoms with Crippen molar-refractivity contribution >= 4 is 28.3 Å². The fourth-order valence-corrected chi connectivity index (χ4v) is 3.95. The standard InChI is InChI=1S/C22H19F2N3O3S/c23-15-4-5-16(17(24)11-15)21(29)25-8-1-2-20(28)27-22-26-18(12-31-22)13-3-6-19-14(10-13)7-9-30-19/h3-6,10-12H,1-2,7-9H2,(H,25,29)(H,26,27,28). The second kappa shape index (κ2) is 9.22. The third-order valence-corrected chi connectivity index (χ3v) is 5.54. The molecule has 0 spiro atoms. The monoisotopic (exact) mass is 443 g/mol. The Morgan fingerprint density at radius 1 is 1.16 bits per heavy atom. The smallest absolute Gasteiger partial charge is 0.254 e. The molecule has 1 aliphatic heterocycles. The summed E-state index contributed by atoms with van der Waals surface area (Å²) in [5.74, 6) is -1.65. The Hall–Kier alpha value is -3.33. The van der Waals surface area contributed by atoms with Gasteiger partial charge in [0.05, 0.1) is 17.9 Å². The van der Waals surface area contributed by atoms with Gasteiger partial charge in [-0.25, -0.2) is 13.8 Å². The van der Waals surface area contributed by atoms with E-state index in [1.807, 2.05) is 17.5 Å². The summed E-state index contributed by atoms with van der Waals surface area (Å²) in [6.45, 7) is 0.875. The van der Waals surface area contributed by atoms with Gasteiger partial charge in [-0.2, -0.15) is 0 Å². The Labute approximate surface area is 181 Å². The van der Waals surface area contributed by atoms with Gasteiger partial charge in [-0.15, -0.1) is 11.3 Å². The molecule has 6 nitrogen and oxygen atoms in total. The maximum atomic E-state index is 13.6. The number of benzene rings is 2. The lowest BCUT2D eigenvalue weighted by Gasteiger charge is -2.06. The lowest BCUT2D eigenvalue weighted by molar-refractivity contribution is -0.116. The van der Waals surface area contributed by atoms with E-state index in [0.717, 1.165) is 41.1 Å². The van der Waals surface area contributed by atoms with E-state index in [1.165, 1.54) is 11.3 Å². The van der Waals surface area contributed by atoms with Gasteiger partial charge in [0.25, 0.3) is 5.91 Å². The molecule has 0 saturated heterocycles. The fourth-order valence-electron chi connectivity index (χ4n) is 3.21. The van der Waals surface area contributed by atoms with Crippen molar-refractivity contribution in [3.05, 3.63) is 64.5 Å². The van der Waals surface area contributed by atoms with Crippen LogP contribution in [0.5, 0.6) is 5.75 Å². The summed E-state index contributed by atoms with van der Waals surface area (Å²) in [4.78, 5) is 28.5. The van der Waals surface area contributed by atoms with Crippen molar-refractivity contribution in [2.75, 3.05) is 18.5 Å². The van der Waals surface area contributed by atoms with E-state index in [-0.39, 0.29) is 24.4 Å². The number of nitrogens with zero attached hydrogens (tertiary/aromatic N) is 1. The molecule has 4 rings (SSSR count). The zero-order valence-corrected chi connectivity index (χ0v) is 17.2. The van der Waals surface area contributed by atoms with Crippen molar-refractivity contribution in [1.82, 2.24) is 10.3 Å². The van der Waals surface area contributed by atoms with Gasteiger partial charge in [-0.3, -0.25) is 9.59 Å². The largest absolute Gasteiger partial charge is 0.493 e. The Balaban J connectivity index is 1.24. The Kier molecular flexibility index (Phi) is 6.22. The molecule has 0 fully saturated rings. The average Bonchev–Trinajstić information content (AvgIpc) is 3.39. The quantitative estimate of drug-likeness (QED) is 0.537. The molecule has 0 atom stereocenters. The lowest BCUT2D eigenvalue weighted by atomic mass is 10.1. The highest BCUT2D eigenvalue weighted by atomic mass is 32.1. The van der Waals surface area contributed by atoms with Crippen LogP contribution in [0.1, 0.15) is 28.8 Å². The third-order valence-electron chi connectivity index (χ3n) is 4.78. The highest BCUT2D eigenvalue weighted by Crippen LogP contribution is 2.31. The molecule has 0 saturated carbocycles. The molecule has 0 bridgehead atoms. The van der Waals surface area contributed by atoms with E-state index in [4.69, 9.17) is 4.74 Å². The van der Waals surface area contributed by atoms with Gasteiger partial charge in [0, 0.05) is 36.4 Å². The summed E-state index contributed by atoms with van der Waals surface area (Å²) in [6, 6.07) is 8.68. The second-order valence-electron chi connectivity index (χ2n) is 6.99. The predicted molar refractivity (Wildman–Crippen MR) is 113 cm³/mol. The first-order valence-corrected chi connectivity index (χ1v) is 10.6. The van der Waals surface area contributed by atoms with E-state index in [2.05, 4.69) is 21.7 Å². The van der Waals surface area contributed by atoms with Crippen LogP contribution in [0.2, 0.25) is 0 Å². The number of carbonyl (C=O) groups excluding carboxylic acids is 2. The number of rotatable bonds is 7.